The number of nitrogens with zero attached hydrogens (tertiary/aromatic N) is 1. The van der Waals surface area contributed by atoms with Gasteiger partial charge in [0.05, 0.1) is 6.61 Å². The molecule has 0 fully saturated rings. The molecule has 3 nitrogen and oxygen atoms in total. The molecule has 18 heavy (non-hydrogen) atoms. The molecule has 1 aromatic carbocycles. The van der Waals surface area contributed by atoms with E-state index in [1.807, 2.05) is 0 Å². The van der Waals surface area contributed by atoms with Crippen LogP contribution in [0.15, 0.2) is 24.3 Å². The van der Waals surface area contributed by atoms with E-state index >= 15 is 0 Å². The monoisotopic (exact) mass is 363 g/mol. The first-order chi connectivity index (χ1) is 8.76. The van der Waals surface area contributed by atoms with E-state index in [1.165, 1.54) is 9.13 Å². The Labute approximate surface area is 124 Å². The number of benzene rings is 1. The minimum atomic E-state index is 0.775. The van der Waals surface area contributed by atoms with Gasteiger partial charge in [-0.2, -0.15) is 0 Å². The second-order valence-electron chi connectivity index (χ2n) is 4.24. The number of rotatable bonds is 9. The van der Waals surface area contributed by atoms with Crippen molar-refractivity contribution in [3.05, 3.63) is 33.4 Å². The van der Waals surface area contributed by atoms with Crippen LogP contribution in [0.3, 0.4) is 0 Å². The van der Waals surface area contributed by atoms with Crippen molar-refractivity contribution in [2.75, 3.05) is 40.5 Å². The summed E-state index contributed by atoms with van der Waals surface area (Å²) < 4.78 is 11.5. The van der Waals surface area contributed by atoms with Gasteiger partial charge in [0.2, 0.25) is 0 Å². The normalized spacial score (nSPS) is 11.1. The molecule has 0 saturated heterocycles. The summed E-state index contributed by atoms with van der Waals surface area (Å²) in [6.07, 6.45) is 1.06. The third-order valence-electron chi connectivity index (χ3n) is 2.75. The van der Waals surface area contributed by atoms with Gasteiger partial charge in [-0.05, 0) is 46.7 Å². The van der Waals surface area contributed by atoms with Crippen LogP contribution in [-0.2, 0) is 16.0 Å². The lowest BCUT2D eigenvalue weighted by Gasteiger charge is -2.22. The Morgan fingerprint density at radius 2 is 1.67 bits per heavy atom. The lowest BCUT2D eigenvalue weighted by molar-refractivity contribution is 0.129. The molecule has 0 aliphatic rings. The van der Waals surface area contributed by atoms with Gasteiger partial charge in [0.25, 0.3) is 0 Å². The van der Waals surface area contributed by atoms with Crippen molar-refractivity contribution < 1.29 is 9.47 Å². The van der Waals surface area contributed by atoms with Crippen molar-refractivity contribution in [1.82, 2.24) is 4.90 Å². The average molecular weight is 363 g/mol. The van der Waals surface area contributed by atoms with E-state index in [0.29, 0.717) is 0 Å². The molecule has 0 heterocycles. The molecule has 102 valence electrons. The van der Waals surface area contributed by atoms with Crippen LogP contribution in [0, 0.1) is 3.57 Å². The van der Waals surface area contributed by atoms with Crippen molar-refractivity contribution >= 4 is 22.6 Å². The zero-order valence-electron chi connectivity index (χ0n) is 11.2. The molecule has 0 unspecified atom stereocenters. The van der Waals surface area contributed by atoms with E-state index in [1.54, 1.807) is 14.2 Å². The standard InChI is InChI=1S/C14H22INO2/c1-17-10-3-8-16(9-11-18-2)12-13-4-6-14(15)7-5-13/h4-7H,3,8-12H2,1-2H3. The third-order valence-corrected chi connectivity index (χ3v) is 3.47. The Kier molecular flexibility index (Phi) is 8.58. The van der Waals surface area contributed by atoms with Gasteiger partial charge in [-0.3, -0.25) is 4.90 Å². The van der Waals surface area contributed by atoms with E-state index in [9.17, 15) is 0 Å². The molecular formula is C14H22INO2. The molecule has 0 amide bonds. The van der Waals surface area contributed by atoms with Crippen LogP contribution in [0.2, 0.25) is 0 Å². The Hall–Kier alpha value is -0.170. The van der Waals surface area contributed by atoms with Gasteiger partial charge >= 0.3 is 0 Å². The zero-order chi connectivity index (χ0) is 13.2. The number of halogens is 1. The second-order valence-corrected chi connectivity index (χ2v) is 5.49. The molecule has 1 rings (SSSR count). The highest BCUT2D eigenvalue weighted by molar-refractivity contribution is 14.1. The number of ether oxygens (including phenoxy) is 2. The highest BCUT2D eigenvalue weighted by atomic mass is 127. The van der Waals surface area contributed by atoms with E-state index < -0.39 is 0 Å². The van der Waals surface area contributed by atoms with Crippen molar-refractivity contribution in [3.63, 3.8) is 0 Å². The third kappa shape index (κ3) is 6.68. The summed E-state index contributed by atoms with van der Waals surface area (Å²) in [7, 11) is 3.50. The summed E-state index contributed by atoms with van der Waals surface area (Å²) >= 11 is 2.33. The highest BCUT2D eigenvalue weighted by Gasteiger charge is 2.05. The Balaban J connectivity index is 2.45. The molecule has 0 atom stereocenters. The summed E-state index contributed by atoms with van der Waals surface area (Å²) in [6.45, 7) is 4.58. The lowest BCUT2D eigenvalue weighted by atomic mass is 10.2. The summed E-state index contributed by atoms with van der Waals surface area (Å²) in [6, 6.07) is 8.69. The molecule has 0 bridgehead atoms. The first-order valence-corrected chi connectivity index (χ1v) is 7.29. The lowest BCUT2D eigenvalue weighted by Crippen LogP contribution is -2.28. The number of hydrogen-bond acceptors (Lipinski definition) is 3. The van der Waals surface area contributed by atoms with Crippen molar-refractivity contribution in [2.24, 2.45) is 0 Å². The van der Waals surface area contributed by atoms with Crippen LogP contribution in [0.4, 0.5) is 0 Å². The first kappa shape index (κ1) is 15.9. The Bertz CT molecular complexity index is 316. The van der Waals surface area contributed by atoms with Gasteiger partial charge in [0.15, 0.2) is 0 Å². The van der Waals surface area contributed by atoms with Gasteiger partial charge in [-0.25, -0.2) is 0 Å². The molecule has 0 saturated carbocycles. The maximum absolute atomic E-state index is 5.16. The predicted molar refractivity (Wildman–Crippen MR) is 82.8 cm³/mol. The van der Waals surface area contributed by atoms with Crippen LogP contribution >= 0.6 is 22.6 Å². The molecule has 0 aromatic heterocycles. The molecule has 0 radical (unpaired) electrons. The molecule has 0 aliphatic heterocycles. The summed E-state index contributed by atoms with van der Waals surface area (Å²) in [5.74, 6) is 0. The van der Waals surface area contributed by atoms with Crippen molar-refractivity contribution in [2.45, 2.75) is 13.0 Å². The Morgan fingerprint density at radius 1 is 1.00 bits per heavy atom. The van der Waals surface area contributed by atoms with E-state index in [0.717, 1.165) is 39.3 Å². The molecular weight excluding hydrogens is 341 g/mol. The van der Waals surface area contributed by atoms with Crippen LogP contribution < -0.4 is 0 Å². The second kappa shape index (κ2) is 9.72. The van der Waals surface area contributed by atoms with Gasteiger partial charge in [-0.15, -0.1) is 0 Å². The summed E-state index contributed by atoms with van der Waals surface area (Å²) in [5.41, 5.74) is 1.35. The maximum Gasteiger partial charge on any atom is 0.0589 e. The average Bonchev–Trinajstić information content (AvgIpc) is 2.38. The topological polar surface area (TPSA) is 21.7 Å². The largest absolute Gasteiger partial charge is 0.385 e. The minimum Gasteiger partial charge on any atom is -0.385 e. The van der Waals surface area contributed by atoms with Gasteiger partial charge < -0.3 is 9.47 Å². The van der Waals surface area contributed by atoms with Crippen molar-refractivity contribution in [3.8, 4) is 0 Å². The molecule has 1 aromatic rings. The fourth-order valence-corrected chi connectivity index (χ4v) is 2.13. The first-order valence-electron chi connectivity index (χ1n) is 6.21. The quantitative estimate of drug-likeness (QED) is 0.498. The van der Waals surface area contributed by atoms with Crippen LogP contribution in [0.5, 0.6) is 0 Å². The van der Waals surface area contributed by atoms with E-state index in [-0.39, 0.29) is 0 Å². The Morgan fingerprint density at radius 3 is 2.28 bits per heavy atom. The minimum absolute atomic E-state index is 0.775. The number of methoxy groups -OCH3 is 2. The fraction of sp³-hybridized carbons (Fsp3) is 0.571. The molecule has 0 spiro atoms. The summed E-state index contributed by atoms with van der Waals surface area (Å²) in [4.78, 5) is 2.41. The van der Waals surface area contributed by atoms with Crippen LogP contribution in [0.1, 0.15) is 12.0 Å². The fourth-order valence-electron chi connectivity index (χ4n) is 1.77. The van der Waals surface area contributed by atoms with Crippen LogP contribution in [0.25, 0.3) is 0 Å². The van der Waals surface area contributed by atoms with Crippen LogP contribution in [-0.4, -0.2) is 45.4 Å². The molecule has 0 aliphatic carbocycles. The van der Waals surface area contributed by atoms with Gasteiger partial charge in [0, 0.05) is 44.0 Å². The van der Waals surface area contributed by atoms with Crippen molar-refractivity contribution in [1.29, 1.82) is 0 Å². The number of hydrogen-bond donors (Lipinski definition) is 0. The smallest absolute Gasteiger partial charge is 0.0589 e. The van der Waals surface area contributed by atoms with E-state index in [2.05, 4.69) is 51.8 Å². The molecule has 0 N–H and O–H groups in total. The SMILES string of the molecule is COCCCN(CCOC)Cc1ccc(I)cc1. The maximum atomic E-state index is 5.16. The van der Waals surface area contributed by atoms with Gasteiger partial charge in [0.1, 0.15) is 0 Å². The molecule has 4 heteroatoms. The predicted octanol–water partition coefficient (Wildman–Crippen LogP) is 2.78. The van der Waals surface area contributed by atoms with E-state index in [4.69, 9.17) is 9.47 Å². The zero-order valence-corrected chi connectivity index (χ0v) is 13.4. The van der Waals surface area contributed by atoms with Gasteiger partial charge in [-0.1, -0.05) is 12.1 Å². The summed E-state index contributed by atoms with van der Waals surface area (Å²) in [5, 5.41) is 0. The highest BCUT2D eigenvalue weighted by Crippen LogP contribution is 2.09.